The number of carbonyl (C=O) groups is 2. The lowest BCUT2D eigenvalue weighted by Gasteiger charge is -2.29. The largest absolute Gasteiger partial charge is 0.476 e. The molecule has 6 heteroatoms. The Labute approximate surface area is 216 Å². The van der Waals surface area contributed by atoms with Crippen molar-refractivity contribution in [2.45, 2.75) is 78.4 Å². The molecule has 0 bridgehead atoms. The van der Waals surface area contributed by atoms with Crippen molar-refractivity contribution in [3.8, 4) is 5.75 Å². The summed E-state index contributed by atoms with van der Waals surface area (Å²) in [7, 11) is 0. The predicted molar refractivity (Wildman–Crippen MR) is 144 cm³/mol. The highest BCUT2D eigenvalue weighted by Gasteiger charge is 2.31. The van der Waals surface area contributed by atoms with Crippen molar-refractivity contribution in [2.24, 2.45) is 5.92 Å². The minimum atomic E-state index is -1.08. The van der Waals surface area contributed by atoms with E-state index in [1.54, 1.807) is 32.9 Å². The molecule has 2 aromatic carbocycles. The molecule has 0 radical (unpaired) electrons. The van der Waals surface area contributed by atoms with Gasteiger partial charge < -0.3 is 19.7 Å². The molecule has 0 saturated carbocycles. The maximum Gasteiger partial charge on any atom is 0.349 e. The van der Waals surface area contributed by atoms with E-state index in [1.807, 2.05) is 12.1 Å². The molecule has 1 amide bonds. The molecule has 6 nitrogen and oxygen atoms in total. The minimum Gasteiger partial charge on any atom is -0.476 e. The van der Waals surface area contributed by atoms with Gasteiger partial charge in [0.2, 0.25) is 5.91 Å². The number of hydrogen-bond donors (Lipinski definition) is 1. The Kier molecular flexibility index (Phi) is 9.80. The number of benzene rings is 2. The Balaban J connectivity index is 1.60. The molecule has 196 valence electrons. The van der Waals surface area contributed by atoms with Gasteiger partial charge in [-0.3, -0.25) is 4.79 Å². The topological polar surface area (TPSA) is 67.9 Å². The Morgan fingerprint density at radius 2 is 1.61 bits per heavy atom. The van der Waals surface area contributed by atoms with Gasteiger partial charge in [-0.05, 0) is 87.8 Å². The van der Waals surface area contributed by atoms with Crippen LogP contribution in [0.25, 0.3) is 0 Å². The second-order valence-corrected chi connectivity index (χ2v) is 10.5. The molecule has 0 spiro atoms. The van der Waals surface area contributed by atoms with Crippen LogP contribution in [0.2, 0.25) is 0 Å². The third-order valence-electron chi connectivity index (χ3n) is 6.49. The van der Waals surface area contributed by atoms with E-state index in [-0.39, 0.29) is 18.4 Å². The van der Waals surface area contributed by atoms with Gasteiger partial charge in [-0.25, -0.2) is 4.79 Å². The predicted octanol–water partition coefficient (Wildman–Crippen LogP) is 5.84. The number of carbonyl (C=O) groups excluding carboxylic acids is 2. The van der Waals surface area contributed by atoms with Crippen LogP contribution in [0, 0.1) is 5.92 Å². The van der Waals surface area contributed by atoms with E-state index < -0.39 is 11.6 Å². The first-order chi connectivity index (χ1) is 17.2. The molecule has 3 rings (SSSR count). The Morgan fingerprint density at radius 3 is 2.19 bits per heavy atom. The van der Waals surface area contributed by atoms with Gasteiger partial charge in [0.05, 0.1) is 19.1 Å². The van der Waals surface area contributed by atoms with Gasteiger partial charge in [-0.1, -0.05) is 38.1 Å². The van der Waals surface area contributed by atoms with Crippen molar-refractivity contribution in [1.29, 1.82) is 0 Å². The highest BCUT2D eigenvalue weighted by molar-refractivity contribution is 5.79. The number of nitrogens with one attached hydrogen (secondary N) is 1. The van der Waals surface area contributed by atoms with E-state index in [2.05, 4.69) is 48.3 Å². The fraction of sp³-hybridized carbons (Fsp3) is 0.533. The summed E-state index contributed by atoms with van der Waals surface area (Å²) < 4.78 is 10.9. The Hall–Kier alpha value is -3.02. The molecule has 0 aliphatic carbocycles. The number of esters is 1. The van der Waals surface area contributed by atoms with Crippen LogP contribution in [0.5, 0.6) is 5.75 Å². The van der Waals surface area contributed by atoms with E-state index in [0.29, 0.717) is 18.3 Å². The third-order valence-corrected chi connectivity index (χ3v) is 6.49. The molecule has 1 unspecified atom stereocenters. The van der Waals surface area contributed by atoms with Crippen LogP contribution < -0.4 is 15.0 Å². The highest BCUT2D eigenvalue weighted by Crippen LogP contribution is 2.26. The molecule has 1 aliphatic rings. The van der Waals surface area contributed by atoms with Crippen molar-refractivity contribution in [1.82, 2.24) is 5.32 Å². The number of ether oxygens (including phenoxy) is 2. The van der Waals surface area contributed by atoms with Crippen LogP contribution >= 0.6 is 0 Å². The first kappa shape index (κ1) is 27.6. The van der Waals surface area contributed by atoms with Gasteiger partial charge >= 0.3 is 5.97 Å². The molecule has 1 fully saturated rings. The molecule has 36 heavy (non-hydrogen) atoms. The maximum absolute atomic E-state index is 13.0. The monoisotopic (exact) mass is 494 g/mol. The summed E-state index contributed by atoms with van der Waals surface area (Å²) in [5.41, 5.74) is 2.21. The average molecular weight is 495 g/mol. The van der Waals surface area contributed by atoms with Crippen LogP contribution in [0.1, 0.15) is 77.5 Å². The summed E-state index contributed by atoms with van der Waals surface area (Å²) in [6, 6.07) is 16.0. The van der Waals surface area contributed by atoms with Crippen LogP contribution in [-0.4, -0.2) is 37.2 Å². The van der Waals surface area contributed by atoms with Gasteiger partial charge in [0.25, 0.3) is 0 Å². The first-order valence-electron chi connectivity index (χ1n) is 13.3. The summed E-state index contributed by atoms with van der Waals surface area (Å²) in [6.45, 7) is 12.0. The molecule has 1 heterocycles. The zero-order valence-corrected chi connectivity index (χ0v) is 22.5. The van der Waals surface area contributed by atoms with Crippen molar-refractivity contribution < 1.29 is 19.1 Å². The SMILES string of the molecule is CCOC(=O)C(C)(C)Oc1ccc(CC(=O)NC(CC(C)C)c2ccc(N3CCCCC3)cc2)cc1. The zero-order valence-electron chi connectivity index (χ0n) is 22.5. The van der Waals surface area contributed by atoms with Gasteiger partial charge in [-0.2, -0.15) is 0 Å². The number of piperidine rings is 1. The van der Waals surface area contributed by atoms with Crippen LogP contribution in [0.4, 0.5) is 5.69 Å². The lowest BCUT2D eigenvalue weighted by molar-refractivity contribution is -0.158. The van der Waals surface area contributed by atoms with E-state index in [0.717, 1.165) is 30.6 Å². The van der Waals surface area contributed by atoms with E-state index in [4.69, 9.17) is 9.47 Å². The zero-order chi connectivity index (χ0) is 26.1. The standard InChI is InChI=1S/C30H42N2O4/c1-6-35-29(34)30(4,5)36-26-16-10-23(11-17-26)21-28(33)31-27(20-22(2)3)24-12-14-25(15-13-24)32-18-8-7-9-19-32/h10-17,22,27H,6-9,18-21H2,1-5H3,(H,31,33). The average Bonchev–Trinajstić information content (AvgIpc) is 2.85. The number of anilines is 1. The lowest BCUT2D eigenvalue weighted by atomic mass is 9.96. The number of hydrogen-bond acceptors (Lipinski definition) is 5. The highest BCUT2D eigenvalue weighted by atomic mass is 16.6. The summed E-state index contributed by atoms with van der Waals surface area (Å²) in [5.74, 6) is 0.592. The molecule has 1 atom stereocenters. The molecule has 2 aromatic rings. The van der Waals surface area contributed by atoms with Crippen LogP contribution in [0.15, 0.2) is 48.5 Å². The maximum atomic E-state index is 13.0. The minimum absolute atomic E-state index is 0.0127. The summed E-state index contributed by atoms with van der Waals surface area (Å²) in [6.07, 6.45) is 4.99. The molecule has 1 N–H and O–H groups in total. The third kappa shape index (κ3) is 8.00. The Bertz CT molecular complexity index is 977. The van der Waals surface area contributed by atoms with Crippen molar-refractivity contribution in [3.63, 3.8) is 0 Å². The van der Waals surface area contributed by atoms with E-state index in [1.165, 1.54) is 24.9 Å². The fourth-order valence-corrected chi connectivity index (χ4v) is 4.57. The lowest BCUT2D eigenvalue weighted by Crippen LogP contribution is -2.39. The fourth-order valence-electron chi connectivity index (χ4n) is 4.57. The quantitative estimate of drug-likeness (QED) is 0.397. The number of nitrogens with zero attached hydrogens (tertiary/aromatic N) is 1. The Morgan fingerprint density at radius 1 is 0.972 bits per heavy atom. The van der Waals surface area contributed by atoms with Gasteiger partial charge in [0.1, 0.15) is 5.75 Å². The number of rotatable bonds is 11. The summed E-state index contributed by atoms with van der Waals surface area (Å²) >= 11 is 0. The first-order valence-corrected chi connectivity index (χ1v) is 13.3. The smallest absolute Gasteiger partial charge is 0.349 e. The second kappa shape index (κ2) is 12.8. The molecule has 1 aliphatic heterocycles. The molecular weight excluding hydrogens is 452 g/mol. The molecule has 1 saturated heterocycles. The second-order valence-electron chi connectivity index (χ2n) is 10.5. The van der Waals surface area contributed by atoms with Crippen molar-refractivity contribution in [2.75, 3.05) is 24.6 Å². The van der Waals surface area contributed by atoms with E-state index in [9.17, 15) is 9.59 Å². The van der Waals surface area contributed by atoms with E-state index >= 15 is 0 Å². The van der Waals surface area contributed by atoms with Gasteiger partial charge in [-0.15, -0.1) is 0 Å². The van der Waals surface area contributed by atoms with Crippen molar-refractivity contribution in [3.05, 3.63) is 59.7 Å². The number of amides is 1. The van der Waals surface area contributed by atoms with Crippen LogP contribution in [-0.2, 0) is 20.7 Å². The summed E-state index contributed by atoms with van der Waals surface area (Å²) in [5, 5.41) is 3.25. The molecule has 0 aromatic heterocycles. The van der Waals surface area contributed by atoms with Crippen molar-refractivity contribution >= 4 is 17.6 Å². The summed E-state index contributed by atoms with van der Waals surface area (Å²) in [4.78, 5) is 27.5. The van der Waals surface area contributed by atoms with Gasteiger partial charge in [0, 0.05) is 18.8 Å². The van der Waals surface area contributed by atoms with Crippen LogP contribution in [0.3, 0.4) is 0 Å². The normalized spacial score (nSPS) is 14.9. The van der Waals surface area contributed by atoms with Gasteiger partial charge in [0.15, 0.2) is 5.60 Å². The molecular formula is C30H42N2O4.